The van der Waals surface area contributed by atoms with Gasteiger partial charge >= 0.3 is 0 Å². The number of aromatic nitrogens is 4. The third-order valence-electron chi connectivity index (χ3n) is 6.11. The van der Waals surface area contributed by atoms with Crippen LogP contribution in [0.2, 0.25) is 0 Å². The number of hydrogen-bond donors (Lipinski definition) is 2. The molecule has 32 heavy (non-hydrogen) atoms. The number of pyridine rings is 2. The van der Waals surface area contributed by atoms with Gasteiger partial charge in [0.1, 0.15) is 16.7 Å². The van der Waals surface area contributed by atoms with Crippen LogP contribution in [0, 0.1) is 12.8 Å². The van der Waals surface area contributed by atoms with E-state index in [1.54, 1.807) is 4.68 Å². The Morgan fingerprint density at radius 3 is 2.84 bits per heavy atom. The minimum Gasteiger partial charge on any atom is -0.370 e. The second-order valence-corrected chi connectivity index (χ2v) is 9.87. The highest BCUT2D eigenvalue weighted by atomic mass is 32.2. The molecule has 2 N–H and O–H groups in total. The molecule has 5 rings (SSSR count). The number of anilines is 2. The number of rotatable bonds is 1. The molecule has 2 aliphatic heterocycles. The lowest BCUT2D eigenvalue weighted by molar-refractivity contribution is 0.0984. The van der Waals surface area contributed by atoms with Crippen molar-refractivity contribution in [2.75, 3.05) is 23.3 Å². The van der Waals surface area contributed by atoms with Gasteiger partial charge < -0.3 is 10.2 Å². The lowest BCUT2D eigenvalue weighted by atomic mass is 9.94. The molecule has 3 aromatic rings. The maximum atomic E-state index is 13.2. The van der Waals surface area contributed by atoms with E-state index in [9.17, 15) is 4.79 Å². The van der Waals surface area contributed by atoms with Crippen LogP contribution in [0.5, 0.6) is 0 Å². The van der Waals surface area contributed by atoms with Gasteiger partial charge in [0.15, 0.2) is 5.82 Å². The summed E-state index contributed by atoms with van der Waals surface area (Å²) in [5.41, 5.74) is 1.36. The predicted octanol–water partition coefficient (Wildman–Crippen LogP) is 3.83. The number of nitrogens with one attached hydrogen (secondary N) is 2. The van der Waals surface area contributed by atoms with Gasteiger partial charge in [0.05, 0.1) is 11.3 Å². The average molecular weight is 450 g/mol. The van der Waals surface area contributed by atoms with Gasteiger partial charge in [0.25, 0.3) is 5.91 Å². The first-order chi connectivity index (χ1) is 15.4. The Hall–Kier alpha value is -3.07. The van der Waals surface area contributed by atoms with Crippen LogP contribution in [-0.4, -0.2) is 44.3 Å². The van der Waals surface area contributed by atoms with Crippen molar-refractivity contribution in [2.45, 2.75) is 44.2 Å². The van der Waals surface area contributed by atoms with Crippen LogP contribution in [0.4, 0.5) is 11.6 Å². The summed E-state index contributed by atoms with van der Waals surface area (Å²) in [6, 6.07) is 11.4. The number of nitrogens with zero attached hydrogens (tertiary/aromatic N) is 5. The van der Waals surface area contributed by atoms with Crippen LogP contribution in [-0.2, 0) is 0 Å². The molecule has 5 heterocycles. The summed E-state index contributed by atoms with van der Waals surface area (Å²) >= 11 is 1.22. The van der Waals surface area contributed by atoms with Crippen LogP contribution in [0.15, 0.2) is 47.6 Å². The Bertz CT molecular complexity index is 1160. The molecule has 0 spiro atoms. The molecule has 9 heteroatoms. The highest BCUT2D eigenvalue weighted by Crippen LogP contribution is 2.39. The lowest BCUT2D eigenvalue weighted by Gasteiger charge is -2.34. The number of amides is 1. The smallest absolute Gasteiger partial charge is 0.265 e. The second kappa shape index (κ2) is 8.12. The third kappa shape index (κ3) is 4.04. The summed E-state index contributed by atoms with van der Waals surface area (Å²) in [5.74, 6) is 2.54. The Kier molecular flexibility index (Phi) is 5.28. The van der Waals surface area contributed by atoms with Gasteiger partial charge in [0.2, 0.25) is 0 Å². The molecule has 166 valence electrons. The monoisotopic (exact) mass is 449 g/mol. The van der Waals surface area contributed by atoms with Crippen LogP contribution in [0.25, 0.3) is 5.82 Å². The molecule has 1 atom stereocenters. The molecule has 0 saturated carbocycles. The van der Waals surface area contributed by atoms with Crippen LogP contribution >= 0.6 is 11.9 Å². The zero-order valence-electron chi connectivity index (χ0n) is 18.5. The SMILES string of the molecule is Cc1ccn(-c2ccc3c(n2)N2CC(CCNc4cccc(n4)SNC3=O)CC2(C)C)n1. The van der Waals surface area contributed by atoms with E-state index in [1.807, 2.05) is 49.5 Å². The molecule has 1 fully saturated rings. The fourth-order valence-electron chi connectivity index (χ4n) is 4.57. The maximum Gasteiger partial charge on any atom is 0.265 e. The second-order valence-electron chi connectivity index (χ2n) is 9.05. The minimum atomic E-state index is -0.183. The summed E-state index contributed by atoms with van der Waals surface area (Å²) in [5, 5.41) is 8.67. The van der Waals surface area contributed by atoms with Gasteiger partial charge in [-0.05, 0) is 69.9 Å². The fraction of sp³-hybridized carbons (Fsp3) is 0.391. The van der Waals surface area contributed by atoms with Gasteiger partial charge in [-0.25, -0.2) is 14.6 Å². The molecule has 1 amide bonds. The number of carbonyl (C=O) groups is 1. The third-order valence-corrected chi connectivity index (χ3v) is 6.83. The molecule has 0 aromatic carbocycles. The molecule has 4 bridgehead atoms. The number of carbonyl (C=O) groups excluding carboxylic acids is 1. The lowest BCUT2D eigenvalue weighted by Crippen LogP contribution is -2.40. The standard InChI is InChI=1S/C23H27N7OS/c1-15-10-12-30(27-15)19-8-7-17-21(26-19)29-14-16(13-23(29,2)3)9-11-24-18-5-4-6-20(25-18)32-28-22(17)31/h4-8,10,12,16H,9,11,13-14H2,1-3H3,(H,24,25)(H,28,31). The summed E-state index contributed by atoms with van der Waals surface area (Å²) < 4.78 is 4.71. The van der Waals surface area contributed by atoms with E-state index in [-0.39, 0.29) is 11.4 Å². The Morgan fingerprint density at radius 1 is 1.16 bits per heavy atom. The molecule has 1 unspecified atom stereocenters. The predicted molar refractivity (Wildman–Crippen MR) is 126 cm³/mol. The first-order valence-electron chi connectivity index (χ1n) is 10.9. The first-order valence-corrected chi connectivity index (χ1v) is 11.7. The molecule has 1 saturated heterocycles. The maximum absolute atomic E-state index is 13.2. The molecule has 2 aliphatic rings. The Labute approximate surface area is 192 Å². The highest BCUT2D eigenvalue weighted by Gasteiger charge is 2.40. The topological polar surface area (TPSA) is 88.0 Å². The number of aryl methyl sites for hydroxylation is 1. The van der Waals surface area contributed by atoms with Crippen molar-refractivity contribution in [1.29, 1.82) is 0 Å². The molecule has 0 radical (unpaired) electrons. The van der Waals surface area contributed by atoms with Crippen molar-refractivity contribution in [2.24, 2.45) is 5.92 Å². The normalized spacial score (nSPS) is 20.2. The summed E-state index contributed by atoms with van der Waals surface area (Å²) in [4.78, 5) is 25.1. The van der Waals surface area contributed by atoms with Gasteiger partial charge in [-0.1, -0.05) is 6.07 Å². The Balaban J connectivity index is 1.57. The van der Waals surface area contributed by atoms with Crippen LogP contribution in [0.1, 0.15) is 42.7 Å². The van der Waals surface area contributed by atoms with Gasteiger partial charge in [-0.15, -0.1) is 0 Å². The minimum absolute atomic E-state index is 0.117. The summed E-state index contributed by atoms with van der Waals surface area (Å²) in [6.07, 6.45) is 3.95. The molecule has 0 aliphatic carbocycles. The molecule has 8 nitrogen and oxygen atoms in total. The van der Waals surface area contributed by atoms with Gasteiger partial charge in [-0.2, -0.15) is 5.10 Å². The van der Waals surface area contributed by atoms with E-state index >= 15 is 0 Å². The highest BCUT2D eigenvalue weighted by molar-refractivity contribution is 7.97. The van der Waals surface area contributed by atoms with E-state index in [1.165, 1.54) is 11.9 Å². The van der Waals surface area contributed by atoms with Crippen molar-refractivity contribution < 1.29 is 4.79 Å². The number of fused-ring (bicyclic) bond motifs is 6. The van der Waals surface area contributed by atoms with E-state index in [4.69, 9.17) is 4.98 Å². The zero-order valence-corrected chi connectivity index (χ0v) is 19.3. The van der Waals surface area contributed by atoms with E-state index in [0.717, 1.165) is 42.5 Å². The largest absolute Gasteiger partial charge is 0.370 e. The van der Waals surface area contributed by atoms with Crippen molar-refractivity contribution in [3.05, 3.63) is 53.9 Å². The van der Waals surface area contributed by atoms with Gasteiger partial charge in [0, 0.05) is 36.8 Å². The van der Waals surface area contributed by atoms with E-state index in [2.05, 4.69) is 38.9 Å². The van der Waals surface area contributed by atoms with Crippen molar-refractivity contribution in [3.63, 3.8) is 0 Å². The quantitative estimate of drug-likeness (QED) is 0.546. The van der Waals surface area contributed by atoms with E-state index < -0.39 is 0 Å². The number of hydrogen-bond acceptors (Lipinski definition) is 7. The first kappa shape index (κ1) is 20.8. The van der Waals surface area contributed by atoms with Crippen LogP contribution in [0.3, 0.4) is 0 Å². The van der Waals surface area contributed by atoms with Crippen molar-refractivity contribution in [1.82, 2.24) is 24.5 Å². The zero-order chi connectivity index (χ0) is 22.3. The summed E-state index contributed by atoms with van der Waals surface area (Å²) in [7, 11) is 0. The van der Waals surface area contributed by atoms with E-state index in [0.29, 0.717) is 23.1 Å². The average Bonchev–Trinajstić information content (AvgIpc) is 3.33. The van der Waals surface area contributed by atoms with Crippen molar-refractivity contribution >= 4 is 29.5 Å². The van der Waals surface area contributed by atoms with Crippen LogP contribution < -0.4 is 14.9 Å². The fourth-order valence-corrected chi connectivity index (χ4v) is 5.17. The summed E-state index contributed by atoms with van der Waals surface area (Å²) in [6.45, 7) is 8.11. The van der Waals surface area contributed by atoms with Gasteiger partial charge in [-0.3, -0.25) is 9.52 Å². The molecule has 3 aromatic heterocycles. The van der Waals surface area contributed by atoms with Crippen molar-refractivity contribution in [3.8, 4) is 5.82 Å². The molecular weight excluding hydrogens is 422 g/mol. The molecular formula is C23H27N7OS. The Morgan fingerprint density at radius 2 is 2.03 bits per heavy atom.